The molecule has 1 rings (SSSR count). The second-order valence-electron chi connectivity index (χ2n) is 4.09. The van der Waals surface area contributed by atoms with E-state index < -0.39 is 0 Å². The molecule has 0 saturated carbocycles. The summed E-state index contributed by atoms with van der Waals surface area (Å²) in [6, 6.07) is -0.102. The zero-order chi connectivity index (χ0) is 13.4. The summed E-state index contributed by atoms with van der Waals surface area (Å²) >= 11 is 1.62. The molecular weight excluding hydrogens is 248 g/mol. The number of ether oxygens (including phenoxy) is 1. The van der Waals surface area contributed by atoms with Crippen molar-refractivity contribution in [2.45, 2.75) is 52.1 Å². The van der Waals surface area contributed by atoms with Gasteiger partial charge in [-0.3, -0.25) is 10.1 Å². The van der Waals surface area contributed by atoms with Crippen LogP contribution in [0.15, 0.2) is 11.6 Å². The van der Waals surface area contributed by atoms with E-state index in [2.05, 4.69) is 24.1 Å². The highest BCUT2D eigenvalue weighted by Crippen LogP contribution is 2.20. The number of carbonyl (C=O) groups excluding carboxylic acids is 1. The minimum absolute atomic E-state index is 0.131. The van der Waals surface area contributed by atoms with Crippen LogP contribution in [-0.2, 0) is 9.53 Å². The van der Waals surface area contributed by atoms with E-state index in [-0.39, 0.29) is 18.1 Å². The fourth-order valence-corrected chi connectivity index (χ4v) is 2.60. The summed E-state index contributed by atoms with van der Waals surface area (Å²) < 4.78 is 5.10. The van der Waals surface area contributed by atoms with E-state index in [1.165, 1.54) is 0 Å². The Balaban J connectivity index is 2.66. The highest BCUT2D eigenvalue weighted by Gasteiger charge is 2.23. The zero-order valence-electron chi connectivity index (χ0n) is 11.3. The van der Waals surface area contributed by atoms with Gasteiger partial charge in [-0.15, -0.1) is 11.3 Å². The van der Waals surface area contributed by atoms with E-state index in [0.717, 1.165) is 24.3 Å². The summed E-state index contributed by atoms with van der Waals surface area (Å²) in [6.45, 7) is 6.42. The molecule has 0 aromatic carbocycles. The number of nitrogens with zero attached hydrogens (tertiary/aromatic N) is 1. The fourth-order valence-electron chi connectivity index (χ4n) is 1.81. The van der Waals surface area contributed by atoms with E-state index in [0.29, 0.717) is 6.61 Å². The maximum Gasteiger partial charge on any atom is 0.323 e. The van der Waals surface area contributed by atoms with Gasteiger partial charge in [0, 0.05) is 11.6 Å². The second-order valence-corrected chi connectivity index (χ2v) is 5.02. The molecule has 0 saturated heterocycles. The van der Waals surface area contributed by atoms with Crippen LogP contribution in [0.3, 0.4) is 0 Å². The molecule has 18 heavy (non-hydrogen) atoms. The largest absolute Gasteiger partial charge is 0.465 e. The number of hydrogen-bond acceptors (Lipinski definition) is 5. The van der Waals surface area contributed by atoms with E-state index >= 15 is 0 Å². The summed E-state index contributed by atoms with van der Waals surface area (Å²) in [5, 5.41) is 6.35. The van der Waals surface area contributed by atoms with Crippen LogP contribution in [0.1, 0.15) is 51.1 Å². The first-order valence-electron chi connectivity index (χ1n) is 6.54. The van der Waals surface area contributed by atoms with Crippen molar-refractivity contribution in [1.82, 2.24) is 10.3 Å². The van der Waals surface area contributed by atoms with Gasteiger partial charge in [0.2, 0.25) is 0 Å². The summed E-state index contributed by atoms with van der Waals surface area (Å²) in [5.74, 6) is -0.158. The van der Waals surface area contributed by atoms with Gasteiger partial charge in [-0.25, -0.2) is 4.98 Å². The number of hydrogen-bond donors (Lipinski definition) is 1. The van der Waals surface area contributed by atoms with Gasteiger partial charge >= 0.3 is 5.97 Å². The maximum atomic E-state index is 11.9. The molecule has 1 N–H and O–H groups in total. The molecule has 1 heterocycles. The lowest BCUT2D eigenvalue weighted by Gasteiger charge is -2.22. The summed E-state index contributed by atoms with van der Waals surface area (Å²) in [5.41, 5.74) is 0. The lowest BCUT2D eigenvalue weighted by Crippen LogP contribution is -2.40. The molecule has 0 fully saturated rings. The standard InChI is InChI=1S/C13H22N2O2S/c1-4-7-11(13(16)17-6-3)15-10(5-2)12-14-8-9-18-12/h8-11,15H,4-7H2,1-3H3. The molecule has 0 spiro atoms. The number of carbonyl (C=O) groups is 1. The molecule has 1 aromatic heterocycles. The van der Waals surface area contributed by atoms with Crippen molar-refractivity contribution in [1.29, 1.82) is 0 Å². The van der Waals surface area contributed by atoms with Crippen LogP contribution in [0.4, 0.5) is 0 Å². The molecule has 4 nitrogen and oxygen atoms in total. The van der Waals surface area contributed by atoms with Crippen LogP contribution >= 0.6 is 11.3 Å². The van der Waals surface area contributed by atoms with Crippen molar-refractivity contribution in [3.8, 4) is 0 Å². The Labute approximate surface area is 113 Å². The van der Waals surface area contributed by atoms with Crippen molar-refractivity contribution in [2.24, 2.45) is 0 Å². The molecule has 1 aromatic rings. The van der Waals surface area contributed by atoms with Crippen LogP contribution in [0.2, 0.25) is 0 Å². The van der Waals surface area contributed by atoms with Gasteiger partial charge in [-0.1, -0.05) is 20.3 Å². The Morgan fingerprint density at radius 2 is 2.28 bits per heavy atom. The third-order valence-corrected chi connectivity index (χ3v) is 3.60. The number of nitrogens with one attached hydrogen (secondary N) is 1. The Kier molecular flexibility index (Phi) is 6.90. The first-order valence-corrected chi connectivity index (χ1v) is 7.42. The molecular formula is C13H22N2O2S. The summed E-state index contributed by atoms with van der Waals surface area (Å²) in [4.78, 5) is 16.2. The second kappa shape index (κ2) is 8.21. The number of esters is 1. The third kappa shape index (κ3) is 4.38. The van der Waals surface area contributed by atoms with Crippen LogP contribution in [0.5, 0.6) is 0 Å². The zero-order valence-corrected chi connectivity index (χ0v) is 12.1. The average molecular weight is 270 g/mol. The molecule has 0 amide bonds. The van der Waals surface area contributed by atoms with Crippen molar-refractivity contribution >= 4 is 17.3 Å². The van der Waals surface area contributed by atoms with Crippen molar-refractivity contribution in [3.63, 3.8) is 0 Å². The molecule has 0 aliphatic heterocycles. The summed E-state index contributed by atoms with van der Waals surface area (Å²) in [7, 11) is 0. The Morgan fingerprint density at radius 1 is 1.50 bits per heavy atom. The number of aromatic nitrogens is 1. The first-order chi connectivity index (χ1) is 8.72. The van der Waals surface area contributed by atoms with E-state index in [1.807, 2.05) is 12.3 Å². The van der Waals surface area contributed by atoms with Gasteiger partial charge in [0.25, 0.3) is 0 Å². The van der Waals surface area contributed by atoms with Crippen LogP contribution in [0.25, 0.3) is 0 Å². The molecule has 0 radical (unpaired) electrons. The highest BCUT2D eigenvalue weighted by atomic mass is 32.1. The SMILES string of the molecule is CCCC(NC(CC)c1nccs1)C(=O)OCC. The van der Waals surface area contributed by atoms with Gasteiger partial charge in [0.15, 0.2) is 0 Å². The Morgan fingerprint density at radius 3 is 2.78 bits per heavy atom. The molecule has 5 heteroatoms. The Hall–Kier alpha value is -0.940. The average Bonchev–Trinajstić information content (AvgIpc) is 2.88. The normalized spacial score (nSPS) is 14.2. The van der Waals surface area contributed by atoms with E-state index in [4.69, 9.17) is 4.74 Å². The van der Waals surface area contributed by atoms with E-state index in [1.54, 1.807) is 17.5 Å². The van der Waals surface area contributed by atoms with Crippen molar-refractivity contribution in [3.05, 3.63) is 16.6 Å². The van der Waals surface area contributed by atoms with Gasteiger partial charge in [-0.2, -0.15) is 0 Å². The molecule has 2 unspecified atom stereocenters. The van der Waals surface area contributed by atoms with Crippen molar-refractivity contribution < 1.29 is 9.53 Å². The predicted molar refractivity (Wildman–Crippen MR) is 73.6 cm³/mol. The summed E-state index contributed by atoms with van der Waals surface area (Å²) in [6.07, 6.45) is 4.45. The third-order valence-electron chi connectivity index (χ3n) is 2.71. The van der Waals surface area contributed by atoms with E-state index in [9.17, 15) is 4.79 Å². The van der Waals surface area contributed by atoms with Crippen LogP contribution in [0, 0.1) is 0 Å². The lowest BCUT2D eigenvalue weighted by molar-refractivity contribution is -0.146. The molecule has 2 atom stereocenters. The van der Waals surface area contributed by atoms with Gasteiger partial charge in [0.1, 0.15) is 11.0 Å². The predicted octanol–water partition coefficient (Wildman–Crippen LogP) is 2.92. The maximum absolute atomic E-state index is 11.9. The minimum Gasteiger partial charge on any atom is -0.465 e. The molecule has 0 bridgehead atoms. The van der Waals surface area contributed by atoms with Crippen LogP contribution < -0.4 is 5.32 Å². The van der Waals surface area contributed by atoms with Gasteiger partial charge in [-0.05, 0) is 19.8 Å². The van der Waals surface area contributed by atoms with Crippen LogP contribution in [-0.4, -0.2) is 23.6 Å². The molecule has 0 aliphatic rings. The van der Waals surface area contributed by atoms with Gasteiger partial charge in [0.05, 0.1) is 12.6 Å². The smallest absolute Gasteiger partial charge is 0.323 e. The highest BCUT2D eigenvalue weighted by molar-refractivity contribution is 7.09. The monoisotopic (exact) mass is 270 g/mol. The fraction of sp³-hybridized carbons (Fsp3) is 0.692. The molecule has 0 aliphatic carbocycles. The minimum atomic E-state index is -0.233. The number of rotatable bonds is 8. The lowest BCUT2D eigenvalue weighted by atomic mass is 10.1. The topological polar surface area (TPSA) is 51.2 Å². The molecule has 102 valence electrons. The Bertz CT molecular complexity index is 341. The number of thiazole rings is 1. The van der Waals surface area contributed by atoms with Crippen molar-refractivity contribution in [2.75, 3.05) is 6.61 Å². The van der Waals surface area contributed by atoms with Gasteiger partial charge < -0.3 is 4.74 Å². The first kappa shape index (κ1) is 15.1. The quantitative estimate of drug-likeness (QED) is 0.738.